The molecule has 0 aliphatic rings. The summed E-state index contributed by atoms with van der Waals surface area (Å²) in [6.45, 7) is 6.34. The number of hydrogen-bond donors (Lipinski definition) is 1. The quantitative estimate of drug-likeness (QED) is 0.590. The van der Waals surface area contributed by atoms with Gasteiger partial charge in [-0.25, -0.2) is 0 Å². The zero-order valence-electron chi connectivity index (χ0n) is 13.9. The lowest BCUT2D eigenvalue weighted by molar-refractivity contribution is -0.116. The van der Waals surface area contributed by atoms with Gasteiger partial charge in [0.2, 0.25) is 5.91 Å². The zero-order chi connectivity index (χ0) is 16.5. The van der Waals surface area contributed by atoms with E-state index >= 15 is 0 Å². The molecule has 2 rings (SSSR count). The minimum absolute atomic E-state index is 0.0678. The van der Waals surface area contributed by atoms with Crippen molar-refractivity contribution in [1.82, 2.24) is 5.32 Å². The molecule has 23 heavy (non-hydrogen) atoms. The molecule has 0 bridgehead atoms. The Morgan fingerprint density at radius 2 is 1.96 bits per heavy atom. The molecule has 0 spiro atoms. The van der Waals surface area contributed by atoms with Crippen molar-refractivity contribution in [1.29, 1.82) is 0 Å². The molecule has 0 unspecified atom stereocenters. The van der Waals surface area contributed by atoms with E-state index in [0.717, 1.165) is 24.0 Å². The summed E-state index contributed by atoms with van der Waals surface area (Å²) in [4.78, 5) is 11.9. The number of amides is 1. The van der Waals surface area contributed by atoms with E-state index < -0.39 is 0 Å². The molecule has 2 aromatic rings. The van der Waals surface area contributed by atoms with Gasteiger partial charge in [0.1, 0.15) is 0 Å². The lowest BCUT2D eigenvalue weighted by Gasteiger charge is -2.06. The Hall–Kier alpha value is -2.13. The largest absolute Gasteiger partial charge is 0.381 e. The van der Waals surface area contributed by atoms with E-state index in [9.17, 15) is 4.79 Å². The molecule has 0 atom stereocenters. The highest BCUT2D eigenvalue weighted by molar-refractivity contribution is 5.96. The predicted octanol–water partition coefficient (Wildman–Crippen LogP) is 4.03. The fourth-order valence-corrected chi connectivity index (χ4v) is 2.33. The minimum atomic E-state index is -0.0678. The van der Waals surface area contributed by atoms with Crippen molar-refractivity contribution in [2.75, 3.05) is 19.8 Å². The molecule has 2 aromatic carbocycles. The molecule has 122 valence electrons. The maximum absolute atomic E-state index is 11.9. The van der Waals surface area contributed by atoms with Gasteiger partial charge in [0, 0.05) is 25.8 Å². The van der Waals surface area contributed by atoms with Crippen molar-refractivity contribution in [3.8, 4) is 0 Å². The molecular weight excluding hydrogens is 286 g/mol. The summed E-state index contributed by atoms with van der Waals surface area (Å²) < 4.78 is 5.49. The van der Waals surface area contributed by atoms with E-state index in [2.05, 4.69) is 37.4 Å². The van der Waals surface area contributed by atoms with Crippen LogP contribution in [0.5, 0.6) is 0 Å². The van der Waals surface area contributed by atoms with Crippen LogP contribution in [0.2, 0.25) is 0 Å². The fourth-order valence-electron chi connectivity index (χ4n) is 2.33. The zero-order valence-corrected chi connectivity index (χ0v) is 13.9. The maximum Gasteiger partial charge on any atom is 0.244 e. The third-order valence-corrected chi connectivity index (χ3v) is 3.45. The van der Waals surface area contributed by atoms with E-state index in [1.165, 1.54) is 5.39 Å². The summed E-state index contributed by atoms with van der Waals surface area (Å²) in [5.74, 6) is 0.481. The van der Waals surface area contributed by atoms with Gasteiger partial charge in [0.15, 0.2) is 0 Å². The van der Waals surface area contributed by atoms with Gasteiger partial charge in [-0.3, -0.25) is 4.79 Å². The van der Waals surface area contributed by atoms with Gasteiger partial charge < -0.3 is 10.1 Å². The summed E-state index contributed by atoms with van der Waals surface area (Å²) in [6, 6.07) is 14.3. The molecule has 3 heteroatoms. The van der Waals surface area contributed by atoms with Crippen LogP contribution >= 0.6 is 0 Å². The molecule has 0 heterocycles. The van der Waals surface area contributed by atoms with Gasteiger partial charge in [0.05, 0.1) is 0 Å². The highest BCUT2D eigenvalue weighted by Gasteiger charge is 1.99. The fraction of sp³-hybridized carbons (Fsp3) is 0.350. The van der Waals surface area contributed by atoms with Gasteiger partial charge in [-0.1, -0.05) is 56.3 Å². The number of nitrogens with one attached hydrogen (secondary N) is 1. The Morgan fingerprint density at radius 1 is 1.17 bits per heavy atom. The van der Waals surface area contributed by atoms with Crippen LogP contribution < -0.4 is 5.32 Å². The van der Waals surface area contributed by atoms with Crippen molar-refractivity contribution in [2.45, 2.75) is 20.3 Å². The van der Waals surface area contributed by atoms with Crippen LogP contribution in [0.25, 0.3) is 16.8 Å². The highest BCUT2D eigenvalue weighted by atomic mass is 16.5. The van der Waals surface area contributed by atoms with Crippen LogP contribution in [-0.4, -0.2) is 25.7 Å². The lowest BCUT2D eigenvalue weighted by atomic mass is 10.0. The smallest absolute Gasteiger partial charge is 0.244 e. The van der Waals surface area contributed by atoms with Gasteiger partial charge in [-0.2, -0.15) is 0 Å². The molecule has 0 saturated heterocycles. The second-order valence-electron chi connectivity index (χ2n) is 6.02. The normalized spacial score (nSPS) is 11.4. The van der Waals surface area contributed by atoms with E-state index in [1.807, 2.05) is 30.3 Å². The Kier molecular flexibility index (Phi) is 6.82. The molecule has 0 saturated carbocycles. The molecule has 1 amide bonds. The Labute approximate surface area is 138 Å². The Balaban J connectivity index is 1.79. The number of rotatable bonds is 8. The molecular formula is C20H25NO2. The molecule has 0 aromatic heterocycles. The summed E-state index contributed by atoms with van der Waals surface area (Å²) >= 11 is 0. The number of carbonyl (C=O) groups is 1. The van der Waals surface area contributed by atoms with Gasteiger partial charge in [-0.05, 0) is 34.8 Å². The van der Waals surface area contributed by atoms with E-state index in [1.54, 1.807) is 6.08 Å². The third kappa shape index (κ3) is 5.87. The first-order valence-electron chi connectivity index (χ1n) is 8.18. The van der Waals surface area contributed by atoms with Crippen LogP contribution in [0.15, 0.2) is 48.5 Å². The highest BCUT2D eigenvalue weighted by Crippen LogP contribution is 2.19. The average molecular weight is 311 g/mol. The van der Waals surface area contributed by atoms with E-state index in [-0.39, 0.29) is 5.91 Å². The van der Waals surface area contributed by atoms with Crippen molar-refractivity contribution in [3.05, 3.63) is 54.1 Å². The monoisotopic (exact) mass is 311 g/mol. The van der Waals surface area contributed by atoms with Crippen LogP contribution in [0, 0.1) is 5.92 Å². The second-order valence-corrected chi connectivity index (χ2v) is 6.02. The Morgan fingerprint density at radius 3 is 2.78 bits per heavy atom. The summed E-state index contributed by atoms with van der Waals surface area (Å²) in [5.41, 5.74) is 1.05. The molecule has 0 fully saturated rings. The van der Waals surface area contributed by atoms with Gasteiger partial charge in [-0.15, -0.1) is 0 Å². The molecule has 0 aliphatic carbocycles. The first-order chi connectivity index (χ1) is 11.2. The molecule has 3 nitrogen and oxygen atoms in total. The number of fused-ring (bicyclic) bond motifs is 1. The minimum Gasteiger partial charge on any atom is -0.381 e. The van der Waals surface area contributed by atoms with Crippen LogP contribution in [0.1, 0.15) is 25.8 Å². The molecule has 1 N–H and O–H groups in total. The third-order valence-electron chi connectivity index (χ3n) is 3.45. The standard InChI is InChI=1S/C20H25NO2/c1-16(2)15-23-14-6-13-21-20(22)12-11-18-9-5-8-17-7-3-4-10-19(17)18/h3-5,7-12,16H,6,13-15H2,1-2H3,(H,21,22)/b12-11+. The van der Waals surface area contributed by atoms with Crippen molar-refractivity contribution in [3.63, 3.8) is 0 Å². The van der Waals surface area contributed by atoms with Crippen molar-refractivity contribution in [2.24, 2.45) is 5.92 Å². The molecule has 0 aliphatic heterocycles. The molecule has 0 radical (unpaired) electrons. The van der Waals surface area contributed by atoms with E-state index in [4.69, 9.17) is 4.74 Å². The number of carbonyl (C=O) groups excluding carboxylic acids is 1. The SMILES string of the molecule is CC(C)COCCCNC(=O)/C=C/c1cccc2ccccc12. The van der Waals surface area contributed by atoms with Crippen LogP contribution in [0.3, 0.4) is 0 Å². The summed E-state index contributed by atoms with van der Waals surface area (Å²) in [5, 5.41) is 5.22. The van der Waals surface area contributed by atoms with Crippen LogP contribution in [-0.2, 0) is 9.53 Å². The summed E-state index contributed by atoms with van der Waals surface area (Å²) in [6.07, 6.45) is 4.30. The number of hydrogen-bond acceptors (Lipinski definition) is 2. The number of benzene rings is 2. The average Bonchev–Trinajstić information content (AvgIpc) is 2.55. The van der Waals surface area contributed by atoms with Crippen molar-refractivity contribution < 1.29 is 9.53 Å². The first-order valence-corrected chi connectivity index (χ1v) is 8.18. The lowest BCUT2D eigenvalue weighted by Crippen LogP contribution is -2.23. The van der Waals surface area contributed by atoms with Crippen molar-refractivity contribution >= 4 is 22.8 Å². The van der Waals surface area contributed by atoms with Crippen LogP contribution in [0.4, 0.5) is 0 Å². The second kappa shape index (κ2) is 9.11. The predicted molar refractivity (Wildman–Crippen MR) is 96.3 cm³/mol. The van der Waals surface area contributed by atoms with Gasteiger partial charge >= 0.3 is 0 Å². The summed E-state index contributed by atoms with van der Waals surface area (Å²) in [7, 11) is 0. The van der Waals surface area contributed by atoms with Gasteiger partial charge in [0.25, 0.3) is 0 Å². The topological polar surface area (TPSA) is 38.3 Å². The Bertz CT molecular complexity index is 656. The first kappa shape index (κ1) is 17.2. The number of ether oxygens (including phenoxy) is 1. The van der Waals surface area contributed by atoms with E-state index in [0.29, 0.717) is 19.1 Å². The maximum atomic E-state index is 11.9.